The topological polar surface area (TPSA) is 67.8 Å². The van der Waals surface area contributed by atoms with Crippen LogP contribution in [0, 0.1) is 0 Å². The molecule has 1 amide bonds. The van der Waals surface area contributed by atoms with Crippen LogP contribution in [0.1, 0.15) is 23.7 Å². The number of carbonyl (C=O) groups is 1. The van der Waals surface area contributed by atoms with Crippen molar-refractivity contribution >= 4 is 17.5 Å². The van der Waals surface area contributed by atoms with Crippen molar-refractivity contribution in [1.29, 1.82) is 0 Å². The minimum atomic E-state index is -0.824. The van der Waals surface area contributed by atoms with Gasteiger partial charge in [-0.2, -0.15) is 0 Å². The maximum Gasteiger partial charge on any atom is 0.220 e. The van der Waals surface area contributed by atoms with E-state index in [9.17, 15) is 9.90 Å². The lowest BCUT2D eigenvalue weighted by molar-refractivity contribution is -0.121. The number of hydrogen-bond donors (Lipinski definition) is 2. The van der Waals surface area contributed by atoms with Crippen molar-refractivity contribution in [1.82, 2.24) is 5.32 Å². The van der Waals surface area contributed by atoms with Gasteiger partial charge in [-0.15, -0.1) is 0 Å². The van der Waals surface area contributed by atoms with Gasteiger partial charge in [0.25, 0.3) is 0 Å². The van der Waals surface area contributed by atoms with Gasteiger partial charge in [0.05, 0.1) is 20.3 Å². The molecule has 2 rings (SSSR count). The summed E-state index contributed by atoms with van der Waals surface area (Å²) in [5.74, 6) is 0.995. The number of aliphatic hydroxyl groups excluding tert-OH is 1. The summed E-state index contributed by atoms with van der Waals surface area (Å²) in [6.45, 7) is 0.129. The fourth-order valence-corrected chi connectivity index (χ4v) is 2.64. The number of hydrogen-bond acceptors (Lipinski definition) is 4. The Morgan fingerprint density at radius 1 is 1.16 bits per heavy atom. The zero-order chi connectivity index (χ0) is 18.2. The molecule has 0 spiro atoms. The summed E-state index contributed by atoms with van der Waals surface area (Å²) in [7, 11) is 3.08. The largest absolute Gasteiger partial charge is 0.493 e. The normalized spacial score (nSPS) is 11.7. The molecule has 0 fully saturated rings. The van der Waals surface area contributed by atoms with Gasteiger partial charge < -0.3 is 19.9 Å². The van der Waals surface area contributed by atoms with E-state index in [1.54, 1.807) is 31.4 Å². The Morgan fingerprint density at radius 2 is 1.92 bits per heavy atom. The third-order valence-corrected chi connectivity index (χ3v) is 4.05. The zero-order valence-electron chi connectivity index (χ0n) is 14.3. The molecule has 2 aromatic carbocycles. The van der Waals surface area contributed by atoms with E-state index in [0.29, 0.717) is 34.9 Å². The van der Waals surface area contributed by atoms with Crippen molar-refractivity contribution in [3.05, 3.63) is 58.6 Å². The molecule has 2 aromatic rings. The summed E-state index contributed by atoms with van der Waals surface area (Å²) in [4.78, 5) is 12.0. The highest BCUT2D eigenvalue weighted by Gasteiger charge is 2.13. The van der Waals surface area contributed by atoms with Crippen molar-refractivity contribution in [3.8, 4) is 11.5 Å². The van der Waals surface area contributed by atoms with Crippen LogP contribution in [0.25, 0.3) is 0 Å². The number of rotatable bonds is 8. The number of aliphatic hydroxyl groups is 1. The van der Waals surface area contributed by atoms with Gasteiger partial charge in [-0.25, -0.2) is 0 Å². The van der Waals surface area contributed by atoms with Gasteiger partial charge in [-0.3, -0.25) is 4.79 Å². The van der Waals surface area contributed by atoms with Gasteiger partial charge >= 0.3 is 0 Å². The Hall–Kier alpha value is -2.24. The average Bonchev–Trinajstić information content (AvgIpc) is 2.63. The average molecular weight is 364 g/mol. The molecule has 5 nitrogen and oxygen atoms in total. The second-order valence-electron chi connectivity index (χ2n) is 5.56. The van der Waals surface area contributed by atoms with E-state index < -0.39 is 6.10 Å². The van der Waals surface area contributed by atoms with Crippen molar-refractivity contribution in [2.24, 2.45) is 0 Å². The van der Waals surface area contributed by atoms with Gasteiger partial charge in [-0.1, -0.05) is 29.8 Å². The van der Waals surface area contributed by atoms with Crippen LogP contribution in [-0.2, 0) is 11.2 Å². The number of ether oxygens (including phenoxy) is 2. The van der Waals surface area contributed by atoms with Gasteiger partial charge in [0.15, 0.2) is 11.5 Å². The molecular weight excluding hydrogens is 342 g/mol. The lowest BCUT2D eigenvalue weighted by Gasteiger charge is -2.15. The van der Waals surface area contributed by atoms with Crippen molar-refractivity contribution in [2.45, 2.75) is 18.9 Å². The predicted octanol–water partition coefficient (Wildman–Crippen LogP) is 3.14. The fourth-order valence-electron chi connectivity index (χ4n) is 2.43. The first-order valence-corrected chi connectivity index (χ1v) is 8.32. The number of nitrogens with one attached hydrogen (secondary N) is 1. The fraction of sp³-hybridized carbons (Fsp3) is 0.316. The van der Waals surface area contributed by atoms with E-state index in [-0.39, 0.29) is 12.5 Å². The molecule has 0 bridgehead atoms. The highest BCUT2D eigenvalue weighted by atomic mass is 35.5. The summed E-state index contributed by atoms with van der Waals surface area (Å²) >= 11 is 5.92. The van der Waals surface area contributed by atoms with Crippen LogP contribution in [0.15, 0.2) is 42.5 Å². The molecular formula is C19H22ClNO4. The Bertz CT molecular complexity index is 720. The number of carbonyl (C=O) groups excluding carboxylic acids is 1. The molecule has 0 saturated heterocycles. The standard InChI is InChI=1S/C19H22ClNO4/c1-24-17-8-7-14(11-18(17)25-2)16(22)12-21-19(23)9-6-13-4-3-5-15(20)10-13/h3-5,7-8,10-11,16,22H,6,9,12H2,1-2H3,(H,21,23). The van der Waals surface area contributed by atoms with Crippen LogP contribution in [-0.4, -0.2) is 31.8 Å². The summed E-state index contributed by atoms with van der Waals surface area (Å²) in [5, 5.41) is 13.6. The maximum atomic E-state index is 12.0. The van der Waals surface area contributed by atoms with Crippen LogP contribution < -0.4 is 14.8 Å². The highest BCUT2D eigenvalue weighted by Crippen LogP contribution is 2.29. The van der Waals surface area contributed by atoms with Crippen molar-refractivity contribution in [3.63, 3.8) is 0 Å². The van der Waals surface area contributed by atoms with Crippen LogP contribution in [0.4, 0.5) is 0 Å². The van der Waals surface area contributed by atoms with Gasteiger partial charge in [-0.05, 0) is 41.8 Å². The third-order valence-electron chi connectivity index (χ3n) is 3.81. The monoisotopic (exact) mass is 363 g/mol. The van der Waals surface area contributed by atoms with E-state index in [2.05, 4.69) is 5.32 Å². The molecule has 0 heterocycles. The summed E-state index contributed by atoms with van der Waals surface area (Å²) in [6.07, 6.45) is 0.104. The van der Waals surface area contributed by atoms with E-state index in [4.69, 9.17) is 21.1 Å². The first-order chi connectivity index (χ1) is 12.0. The lowest BCUT2D eigenvalue weighted by Crippen LogP contribution is -2.28. The number of amides is 1. The molecule has 0 aliphatic heterocycles. The Morgan fingerprint density at radius 3 is 2.60 bits per heavy atom. The molecule has 1 atom stereocenters. The Labute approximate surface area is 152 Å². The summed E-state index contributed by atoms with van der Waals surface area (Å²) in [5.41, 5.74) is 1.65. The molecule has 25 heavy (non-hydrogen) atoms. The van der Waals surface area contributed by atoms with E-state index in [1.165, 1.54) is 7.11 Å². The van der Waals surface area contributed by atoms with E-state index in [1.807, 2.05) is 18.2 Å². The van der Waals surface area contributed by atoms with E-state index in [0.717, 1.165) is 5.56 Å². The van der Waals surface area contributed by atoms with Crippen molar-refractivity contribution in [2.75, 3.05) is 20.8 Å². The zero-order valence-corrected chi connectivity index (χ0v) is 15.0. The molecule has 1 unspecified atom stereocenters. The van der Waals surface area contributed by atoms with Gasteiger partial charge in [0, 0.05) is 18.0 Å². The highest BCUT2D eigenvalue weighted by molar-refractivity contribution is 6.30. The van der Waals surface area contributed by atoms with Crippen LogP contribution in [0.2, 0.25) is 5.02 Å². The Balaban J connectivity index is 1.84. The molecule has 0 aromatic heterocycles. The summed E-state index contributed by atoms with van der Waals surface area (Å²) in [6, 6.07) is 12.6. The Kier molecular flexibility index (Phi) is 7.10. The first kappa shape index (κ1) is 19.1. The second kappa shape index (κ2) is 9.30. The van der Waals surface area contributed by atoms with E-state index >= 15 is 0 Å². The number of aryl methyl sites for hydroxylation is 1. The first-order valence-electron chi connectivity index (χ1n) is 7.94. The molecule has 6 heteroatoms. The minimum Gasteiger partial charge on any atom is -0.493 e. The van der Waals surface area contributed by atoms with Gasteiger partial charge in [0.2, 0.25) is 5.91 Å². The second-order valence-corrected chi connectivity index (χ2v) is 6.00. The lowest BCUT2D eigenvalue weighted by atomic mass is 10.1. The molecule has 0 aliphatic carbocycles. The number of halogens is 1. The summed E-state index contributed by atoms with van der Waals surface area (Å²) < 4.78 is 10.4. The predicted molar refractivity (Wildman–Crippen MR) is 97.3 cm³/mol. The molecule has 2 N–H and O–H groups in total. The number of benzene rings is 2. The van der Waals surface area contributed by atoms with Crippen LogP contribution >= 0.6 is 11.6 Å². The van der Waals surface area contributed by atoms with Crippen LogP contribution in [0.3, 0.4) is 0 Å². The maximum absolute atomic E-state index is 12.0. The van der Waals surface area contributed by atoms with Crippen molar-refractivity contribution < 1.29 is 19.4 Å². The van der Waals surface area contributed by atoms with Crippen LogP contribution in [0.5, 0.6) is 11.5 Å². The molecule has 134 valence electrons. The van der Waals surface area contributed by atoms with Gasteiger partial charge in [0.1, 0.15) is 0 Å². The SMILES string of the molecule is COc1ccc(C(O)CNC(=O)CCc2cccc(Cl)c2)cc1OC. The molecule has 0 radical (unpaired) electrons. The molecule has 0 saturated carbocycles. The minimum absolute atomic E-state index is 0.125. The smallest absolute Gasteiger partial charge is 0.220 e. The number of methoxy groups -OCH3 is 2. The third kappa shape index (κ3) is 5.66. The molecule has 0 aliphatic rings. The quantitative estimate of drug-likeness (QED) is 0.756.